The molecule has 0 saturated heterocycles. The molecule has 2 rings (SSSR count). The standard InChI is InChI=1S/C13H20Br2N2O2/c1-17(4-5-18-8-9-2-3-9)11(7-16)12-6-10(14)13(15)19-12/h6,9,11H,2-5,7-8,16H2,1H3. The van der Waals surface area contributed by atoms with Crippen LogP contribution in [-0.2, 0) is 4.74 Å². The lowest BCUT2D eigenvalue weighted by Crippen LogP contribution is -2.33. The van der Waals surface area contributed by atoms with Crippen LogP contribution in [-0.4, -0.2) is 38.3 Å². The van der Waals surface area contributed by atoms with Crippen molar-refractivity contribution in [2.45, 2.75) is 18.9 Å². The Balaban J connectivity index is 1.81. The number of nitrogens with two attached hydrogens (primary N) is 1. The molecule has 0 aliphatic heterocycles. The predicted octanol–water partition coefficient (Wildman–Crippen LogP) is 3.16. The van der Waals surface area contributed by atoms with Crippen LogP contribution in [0.4, 0.5) is 0 Å². The fourth-order valence-corrected chi connectivity index (χ4v) is 2.55. The van der Waals surface area contributed by atoms with Crippen LogP contribution in [0.5, 0.6) is 0 Å². The zero-order valence-corrected chi connectivity index (χ0v) is 14.2. The SMILES string of the molecule is CN(CCOCC1CC1)C(CN)c1cc(Br)c(Br)o1. The van der Waals surface area contributed by atoms with Gasteiger partial charge in [-0.15, -0.1) is 0 Å². The van der Waals surface area contributed by atoms with Gasteiger partial charge in [-0.25, -0.2) is 0 Å². The molecule has 1 aromatic rings. The highest BCUT2D eigenvalue weighted by Gasteiger charge is 2.22. The first kappa shape index (κ1) is 15.5. The fraction of sp³-hybridized carbons (Fsp3) is 0.692. The minimum atomic E-state index is 0.0760. The summed E-state index contributed by atoms with van der Waals surface area (Å²) in [7, 11) is 2.04. The molecule has 0 radical (unpaired) electrons. The maximum Gasteiger partial charge on any atom is 0.183 e. The molecule has 0 bridgehead atoms. The summed E-state index contributed by atoms with van der Waals surface area (Å²) in [5, 5.41) is 0. The molecule has 108 valence electrons. The smallest absolute Gasteiger partial charge is 0.183 e. The highest BCUT2D eigenvalue weighted by molar-refractivity contribution is 9.13. The van der Waals surface area contributed by atoms with E-state index < -0.39 is 0 Å². The first-order valence-electron chi connectivity index (χ1n) is 6.54. The monoisotopic (exact) mass is 394 g/mol. The van der Waals surface area contributed by atoms with Crippen LogP contribution < -0.4 is 5.73 Å². The van der Waals surface area contributed by atoms with Crippen LogP contribution in [0.3, 0.4) is 0 Å². The van der Waals surface area contributed by atoms with E-state index in [1.165, 1.54) is 12.8 Å². The lowest BCUT2D eigenvalue weighted by atomic mass is 10.2. The highest BCUT2D eigenvalue weighted by atomic mass is 79.9. The molecular formula is C13H20Br2N2O2. The van der Waals surface area contributed by atoms with Crippen LogP contribution in [0.25, 0.3) is 0 Å². The summed E-state index contributed by atoms with van der Waals surface area (Å²) in [5.74, 6) is 1.68. The van der Waals surface area contributed by atoms with Crippen LogP contribution in [0.15, 0.2) is 19.6 Å². The summed E-state index contributed by atoms with van der Waals surface area (Å²) >= 11 is 6.78. The number of ether oxygens (including phenoxy) is 1. The van der Waals surface area contributed by atoms with E-state index >= 15 is 0 Å². The van der Waals surface area contributed by atoms with Gasteiger partial charge in [0, 0.05) is 19.7 Å². The average Bonchev–Trinajstić information content (AvgIpc) is 3.13. The van der Waals surface area contributed by atoms with Gasteiger partial charge in [0.2, 0.25) is 0 Å². The molecule has 0 aromatic carbocycles. The van der Waals surface area contributed by atoms with E-state index in [9.17, 15) is 0 Å². The number of nitrogens with zero attached hydrogens (tertiary/aromatic N) is 1. The lowest BCUT2D eigenvalue weighted by molar-refractivity contribution is 0.0885. The highest BCUT2D eigenvalue weighted by Crippen LogP contribution is 2.31. The van der Waals surface area contributed by atoms with Gasteiger partial charge in [-0.1, -0.05) is 0 Å². The second kappa shape index (κ2) is 7.22. The predicted molar refractivity (Wildman–Crippen MR) is 82.1 cm³/mol. The van der Waals surface area contributed by atoms with Crippen LogP contribution in [0.1, 0.15) is 24.6 Å². The van der Waals surface area contributed by atoms with Crippen molar-refractivity contribution >= 4 is 31.9 Å². The molecule has 1 fully saturated rings. The van der Waals surface area contributed by atoms with Crippen LogP contribution >= 0.6 is 31.9 Å². The molecule has 1 atom stereocenters. The second-order valence-corrected chi connectivity index (χ2v) is 6.60. The molecule has 1 aromatic heterocycles. The Morgan fingerprint density at radius 1 is 1.53 bits per heavy atom. The van der Waals surface area contributed by atoms with Crippen LogP contribution in [0.2, 0.25) is 0 Å². The number of halogens is 2. The first-order valence-corrected chi connectivity index (χ1v) is 8.13. The fourth-order valence-electron chi connectivity index (χ4n) is 1.94. The van der Waals surface area contributed by atoms with Gasteiger partial charge in [0.15, 0.2) is 4.67 Å². The molecule has 1 aliphatic rings. The van der Waals surface area contributed by atoms with E-state index in [-0.39, 0.29) is 6.04 Å². The van der Waals surface area contributed by atoms with Crippen molar-refractivity contribution in [3.05, 3.63) is 21.0 Å². The number of hydrogen-bond donors (Lipinski definition) is 1. The number of furan rings is 1. The quantitative estimate of drug-likeness (QED) is 0.687. The molecule has 1 unspecified atom stereocenters. The minimum absolute atomic E-state index is 0.0760. The molecule has 2 N–H and O–H groups in total. The summed E-state index contributed by atoms with van der Waals surface area (Å²) in [5.41, 5.74) is 5.85. The van der Waals surface area contributed by atoms with E-state index in [0.29, 0.717) is 11.2 Å². The zero-order chi connectivity index (χ0) is 13.8. The summed E-state index contributed by atoms with van der Waals surface area (Å²) in [6.07, 6.45) is 2.66. The van der Waals surface area contributed by atoms with Crippen molar-refractivity contribution in [2.75, 3.05) is 33.4 Å². The van der Waals surface area contributed by atoms with Crippen molar-refractivity contribution < 1.29 is 9.15 Å². The van der Waals surface area contributed by atoms with Gasteiger partial charge in [0.05, 0.1) is 17.1 Å². The number of hydrogen-bond acceptors (Lipinski definition) is 4. The number of rotatable bonds is 8. The maximum absolute atomic E-state index is 5.85. The van der Waals surface area contributed by atoms with E-state index in [1.807, 2.05) is 13.1 Å². The Labute approximate surface area is 130 Å². The second-order valence-electron chi connectivity index (χ2n) is 5.02. The normalized spacial score (nSPS) is 17.1. The van der Waals surface area contributed by atoms with Gasteiger partial charge in [-0.2, -0.15) is 0 Å². The summed E-state index contributed by atoms with van der Waals surface area (Å²) in [4.78, 5) is 2.17. The van der Waals surface area contributed by atoms with Gasteiger partial charge in [-0.3, -0.25) is 4.90 Å². The van der Waals surface area contributed by atoms with E-state index in [4.69, 9.17) is 14.9 Å². The van der Waals surface area contributed by atoms with Gasteiger partial charge < -0.3 is 14.9 Å². The third-order valence-corrected chi connectivity index (χ3v) is 5.10. The van der Waals surface area contributed by atoms with Crippen molar-refractivity contribution in [3.8, 4) is 0 Å². The molecule has 4 nitrogen and oxygen atoms in total. The maximum atomic E-state index is 5.85. The van der Waals surface area contributed by atoms with E-state index in [0.717, 1.165) is 35.9 Å². The Bertz CT molecular complexity index is 388. The summed E-state index contributed by atoms with van der Waals surface area (Å²) in [6.45, 7) is 3.02. The van der Waals surface area contributed by atoms with Crippen molar-refractivity contribution in [1.29, 1.82) is 0 Å². The summed E-state index contributed by atoms with van der Waals surface area (Å²) < 4.78 is 12.9. The summed E-state index contributed by atoms with van der Waals surface area (Å²) in [6, 6.07) is 2.04. The van der Waals surface area contributed by atoms with Gasteiger partial charge >= 0.3 is 0 Å². The third kappa shape index (κ3) is 4.56. The molecular weight excluding hydrogens is 376 g/mol. The van der Waals surface area contributed by atoms with Crippen LogP contribution in [0, 0.1) is 5.92 Å². The molecule has 1 aliphatic carbocycles. The zero-order valence-electron chi connectivity index (χ0n) is 11.1. The minimum Gasteiger partial charge on any atom is -0.451 e. The van der Waals surface area contributed by atoms with Crippen molar-refractivity contribution in [3.63, 3.8) is 0 Å². The number of likely N-dealkylation sites (N-methyl/N-ethyl adjacent to an activating group) is 1. The van der Waals surface area contributed by atoms with E-state index in [2.05, 4.69) is 36.8 Å². The third-order valence-electron chi connectivity index (χ3n) is 3.39. The molecule has 19 heavy (non-hydrogen) atoms. The lowest BCUT2D eigenvalue weighted by Gasteiger charge is -2.25. The van der Waals surface area contributed by atoms with E-state index in [1.54, 1.807) is 0 Å². The van der Waals surface area contributed by atoms with Crippen molar-refractivity contribution in [1.82, 2.24) is 4.90 Å². The van der Waals surface area contributed by atoms with Crippen molar-refractivity contribution in [2.24, 2.45) is 11.7 Å². The molecule has 0 amide bonds. The Morgan fingerprint density at radius 2 is 2.26 bits per heavy atom. The topological polar surface area (TPSA) is 51.6 Å². The Hall–Kier alpha value is 0.120. The molecule has 1 saturated carbocycles. The average molecular weight is 396 g/mol. The molecule has 1 heterocycles. The molecule has 6 heteroatoms. The Morgan fingerprint density at radius 3 is 2.79 bits per heavy atom. The van der Waals surface area contributed by atoms with Gasteiger partial charge in [-0.05, 0) is 63.7 Å². The molecule has 0 spiro atoms. The first-order chi connectivity index (χ1) is 9.11. The van der Waals surface area contributed by atoms with Gasteiger partial charge in [0.1, 0.15) is 5.76 Å². The Kier molecular flexibility index (Phi) is 5.89. The largest absolute Gasteiger partial charge is 0.451 e. The van der Waals surface area contributed by atoms with Gasteiger partial charge in [0.25, 0.3) is 0 Å².